The minimum atomic E-state index is 0.249. The Labute approximate surface area is 110 Å². The third kappa shape index (κ3) is 5.89. The Bertz CT molecular complexity index is 309. The maximum Gasteiger partial charge on any atom is 0.0462 e. The van der Waals surface area contributed by atoms with Gasteiger partial charge in [0.1, 0.15) is 0 Å². The van der Waals surface area contributed by atoms with Gasteiger partial charge in [0.15, 0.2) is 0 Å². The molecule has 0 aliphatic carbocycles. The Morgan fingerprint density at radius 1 is 1.50 bits per heavy atom. The van der Waals surface area contributed by atoms with E-state index in [1.807, 2.05) is 12.1 Å². The van der Waals surface area contributed by atoms with Gasteiger partial charge in [-0.25, -0.2) is 0 Å². The van der Waals surface area contributed by atoms with Crippen molar-refractivity contribution >= 4 is 27.7 Å². The summed E-state index contributed by atoms with van der Waals surface area (Å²) in [7, 11) is 1.72. The first-order valence-corrected chi connectivity index (χ1v) is 7.13. The van der Waals surface area contributed by atoms with Crippen LogP contribution in [0, 0.1) is 0 Å². The zero-order valence-corrected chi connectivity index (χ0v) is 11.9. The Morgan fingerprint density at radius 2 is 2.31 bits per heavy atom. The van der Waals surface area contributed by atoms with Gasteiger partial charge in [-0.05, 0) is 31.0 Å². The molecule has 1 atom stereocenters. The molecule has 1 unspecified atom stereocenters. The van der Waals surface area contributed by atoms with Gasteiger partial charge in [0, 0.05) is 34.9 Å². The second-order valence-corrected chi connectivity index (χ2v) is 5.67. The highest BCUT2D eigenvalue weighted by Crippen LogP contribution is 2.22. The fourth-order valence-corrected chi connectivity index (χ4v) is 2.84. The zero-order valence-electron chi connectivity index (χ0n) is 9.49. The molecule has 0 saturated heterocycles. The van der Waals surface area contributed by atoms with E-state index in [9.17, 15) is 0 Å². The molecule has 1 rings (SSSR count). The van der Waals surface area contributed by atoms with Crippen molar-refractivity contribution in [1.82, 2.24) is 0 Å². The summed E-state index contributed by atoms with van der Waals surface area (Å²) in [5, 5.41) is 0. The normalized spacial score (nSPS) is 12.7. The lowest BCUT2D eigenvalue weighted by molar-refractivity contribution is 0.191. The molecule has 0 spiro atoms. The smallest absolute Gasteiger partial charge is 0.0462 e. The molecule has 4 heteroatoms. The summed E-state index contributed by atoms with van der Waals surface area (Å²) in [6.45, 7) is 0.801. The van der Waals surface area contributed by atoms with Gasteiger partial charge in [-0.3, -0.25) is 0 Å². The molecular weight excluding hydrogens is 286 g/mol. The fraction of sp³-hybridized carbons (Fsp3) is 0.500. The standard InChI is InChI=1S/C12H18BrNOS/c1-15-7-3-5-11(14)9-16-12-6-2-4-10(13)8-12/h2,4,6,8,11H,3,5,7,9,14H2,1H3. The topological polar surface area (TPSA) is 35.2 Å². The Balaban J connectivity index is 2.23. The summed E-state index contributed by atoms with van der Waals surface area (Å²) < 4.78 is 6.12. The van der Waals surface area contributed by atoms with E-state index in [0.717, 1.165) is 29.7 Å². The van der Waals surface area contributed by atoms with Crippen LogP contribution >= 0.6 is 27.7 Å². The average molecular weight is 304 g/mol. The van der Waals surface area contributed by atoms with Gasteiger partial charge >= 0.3 is 0 Å². The highest BCUT2D eigenvalue weighted by molar-refractivity contribution is 9.10. The van der Waals surface area contributed by atoms with Gasteiger partial charge in [-0.2, -0.15) is 0 Å². The number of ether oxygens (including phenoxy) is 1. The molecular formula is C12H18BrNOS. The number of thioether (sulfide) groups is 1. The molecule has 0 radical (unpaired) electrons. The predicted molar refractivity (Wildman–Crippen MR) is 74.0 cm³/mol. The first-order chi connectivity index (χ1) is 7.72. The van der Waals surface area contributed by atoms with E-state index in [0.29, 0.717) is 0 Å². The Hall–Kier alpha value is -0.0300. The summed E-state index contributed by atoms with van der Waals surface area (Å²) in [4.78, 5) is 1.26. The molecule has 90 valence electrons. The van der Waals surface area contributed by atoms with Crippen molar-refractivity contribution in [3.05, 3.63) is 28.7 Å². The molecule has 0 aromatic heterocycles. The van der Waals surface area contributed by atoms with Crippen LogP contribution in [0.3, 0.4) is 0 Å². The Morgan fingerprint density at radius 3 is 3.00 bits per heavy atom. The molecule has 0 heterocycles. The van der Waals surface area contributed by atoms with E-state index >= 15 is 0 Å². The van der Waals surface area contributed by atoms with Gasteiger partial charge in [-0.1, -0.05) is 22.0 Å². The van der Waals surface area contributed by atoms with Crippen LogP contribution in [0.15, 0.2) is 33.6 Å². The van der Waals surface area contributed by atoms with E-state index in [1.54, 1.807) is 18.9 Å². The molecule has 2 nitrogen and oxygen atoms in total. The summed E-state index contributed by atoms with van der Waals surface area (Å²) in [5.74, 6) is 0.958. The van der Waals surface area contributed by atoms with E-state index in [2.05, 4.69) is 28.1 Å². The third-order valence-corrected chi connectivity index (χ3v) is 3.86. The molecule has 0 fully saturated rings. The van der Waals surface area contributed by atoms with E-state index in [-0.39, 0.29) is 6.04 Å². The predicted octanol–water partition coefficient (Wildman–Crippen LogP) is 3.30. The first kappa shape index (κ1) is 14.0. The second-order valence-electron chi connectivity index (χ2n) is 3.66. The van der Waals surface area contributed by atoms with E-state index in [4.69, 9.17) is 10.5 Å². The van der Waals surface area contributed by atoms with Crippen molar-refractivity contribution in [1.29, 1.82) is 0 Å². The average Bonchev–Trinajstić information content (AvgIpc) is 2.27. The summed E-state index contributed by atoms with van der Waals surface area (Å²) in [5.41, 5.74) is 6.01. The number of hydrogen-bond acceptors (Lipinski definition) is 3. The lowest BCUT2D eigenvalue weighted by Crippen LogP contribution is -2.23. The van der Waals surface area contributed by atoms with Crippen LogP contribution in [0.2, 0.25) is 0 Å². The molecule has 0 saturated carbocycles. The van der Waals surface area contributed by atoms with Crippen LogP contribution in [0.4, 0.5) is 0 Å². The van der Waals surface area contributed by atoms with Crippen LogP contribution < -0.4 is 5.73 Å². The van der Waals surface area contributed by atoms with Crippen molar-refractivity contribution in [2.24, 2.45) is 5.73 Å². The Kier molecular flexibility index (Phi) is 7.12. The maximum absolute atomic E-state index is 6.01. The molecule has 0 aliphatic heterocycles. The zero-order chi connectivity index (χ0) is 11.8. The number of rotatable bonds is 7. The van der Waals surface area contributed by atoms with Crippen molar-refractivity contribution in [3.63, 3.8) is 0 Å². The monoisotopic (exact) mass is 303 g/mol. The fourth-order valence-electron chi connectivity index (χ4n) is 1.33. The highest BCUT2D eigenvalue weighted by Gasteiger charge is 2.03. The maximum atomic E-state index is 6.01. The van der Waals surface area contributed by atoms with Crippen molar-refractivity contribution < 1.29 is 4.74 Å². The van der Waals surface area contributed by atoms with Gasteiger partial charge in [0.2, 0.25) is 0 Å². The second kappa shape index (κ2) is 8.12. The minimum absolute atomic E-state index is 0.249. The number of nitrogens with two attached hydrogens (primary N) is 1. The van der Waals surface area contributed by atoms with Crippen molar-refractivity contribution in [2.75, 3.05) is 19.5 Å². The van der Waals surface area contributed by atoms with Gasteiger partial charge in [-0.15, -0.1) is 11.8 Å². The largest absolute Gasteiger partial charge is 0.385 e. The van der Waals surface area contributed by atoms with Gasteiger partial charge in [0.25, 0.3) is 0 Å². The lowest BCUT2D eigenvalue weighted by atomic mass is 10.2. The first-order valence-electron chi connectivity index (χ1n) is 5.35. The quantitative estimate of drug-likeness (QED) is 0.620. The molecule has 0 amide bonds. The lowest BCUT2D eigenvalue weighted by Gasteiger charge is -2.10. The highest BCUT2D eigenvalue weighted by atomic mass is 79.9. The molecule has 1 aromatic rings. The van der Waals surface area contributed by atoms with Crippen molar-refractivity contribution in [2.45, 2.75) is 23.8 Å². The molecule has 2 N–H and O–H groups in total. The SMILES string of the molecule is COCCCC(N)CSc1cccc(Br)c1. The summed E-state index contributed by atoms with van der Waals surface area (Å²) in [6.07, 6.45) is 2.06. The minimum Gasteiger partial charge on any atom is -0.385 e. The molecule has 1 aromatic carbocycles. The molecule has 0 aliphatic rings. The van der Waals surface area contributed by atoms with Crippen LogP contribution in [-0.4, -0.2) is 25.5 Å². The van der Waals surface area contributed by atoms with Gasteiger partial charge < -0.3 is 10.5 Å². The number of hydrogen-bond donors (Lipinski definition) is 1. The summed E-state index contributed by atoms with van der Waals surface area (Å²) in [6, 6.07) is 8.55. The number of benzene rings is 1. The number of methoxy groups -OCH3 is 1. The van der Waals surface area contributed by atoms with Gasteiger partial charge in [0.05, 0.1) is 0 Å². The molecule has 0 bridgehead atoms. The van der Waals surface area contributed by atoms with E-state index in [1.165, 1.54) is 4.90 Å². The van der Waals surface area contributed by atoms with Crippen molar-refractivity contribution in [3.8, 4) is 0 Å². The van der Waals surface area contributed by atoms with Crippen LogP contribution in [-0.2, 0) is 4.74 Å². The van der Waals surface area contributed by atoms with Crippen LogP contribution in [0.25, 0.3) is 0 Å². The third-order valence-electron chi connectivity index (χ3n) is 2.18. The van der Waals surface area contributed by atoms with Crippen LogP contribution in [0.1, 0.15) is 12.8 Å². The summed E-state index contributed by atoms with van der Waals surface area (Å²) >= 11 is 5.26. The number of halogens is 1. The van der Waals surface area contributed by atoms with Crippen LogP contribution in [0.5, 0.6) is 0 Å². The van der Waals surface area contributed by atoms with E-state index < -0.39 is 0 Å². The molecule has 16 heavy (non-hydrogen) atoms.